The number of hydrogen-bond acceptors (Lipinski definition) is 3. The summed E-state index contributed by atoms with van der Waals surface area (Å²) in [7, 11) is 0. The molecule has 1 aliphatic carbocycles. The number of nitrogens with one attached hydrogen (secondary N) is 1. The van der Waals surface area contributed by atoms with Crippen LogP contribution in [0.1, 0.15) is 43.2 Å². The molecule has 4 rings (SSSR count). The molecule has 1 aromatic heterocycles. The van der Waals surface area contributed by atoms with Crippen LogP contribution in [0.4, 0.5) is 0 Å². The second kappa shape index (κ2) is 8.09. The Bertz CT molecular complexity index is 863. The van der Waals surface area contributed by atoms with Crippen LogP contribution in [0.2, 0.25) is 0 Å². The Morgan fingerprint density at radius 3 is 2.71 bits per heavy atom. The third kappa shape index (κ3) is 3.77. The number of carbonyl (C=O) groups excluding carboxylic acids is 2. The number of nitrogens with zero attached hydrogens (tertiary/aromatic N) is 1. The average Bonchev–Trinajstić information content (AvgIpc) is 2.73. The van der Waals surface area contributed by atoms with Gasteiger partial charge in [0.05, 0.1) is 0 Å². The van der Waals surface area contributed by atoms with Gasteiger partial charge in [-0.25, -0.2) is 0 Å². The number of allylic oxidation sites excluding steroid dienone is 1. The van der Waals surface area contributed by atoms with Crippen molar-refractivity contribution >= 4 is 17.8 Å². The van der Waals surface area contributed by atoms with Gasteiger partial charge in [0.2, 0.25) is 5.91 Å². The van der Waals surface area contributed by atoms with Crippen molar-refractivity contribution in [1.82, 2.24) is 10.3 Å². The Morgan fingerprint density at radius 2 is 1.96 bits per heavy atom. The fourth-order valence-corrected chi connectivity index (χ4v) is 4.86. The van der Waals surface area contributed by atoms with Gasteiger partial charge in [-0.3, -0.25) is 14.6 Å². The van der Waals surface area contributed by atoms with Gasteiger partial charge in [0.25, 0.3) is 0 Å². The largest absolute Gasteiger partial charge is 0.352 e. The van der Waals surface area contributed by atoms with Crippen LogP contribution in [0.25, 0.3) is 6.08 Å². The predicted octanol–water partition coefficient (Wildman–Crippen LogP) is 4.00. The lowest BCUT2D eigenvalue weighted by molar-refractivity contribution is -0.138. The molecule has 4 heteroatoms. The Kier molecular flexibility index (Phi) is 5.38. The van der Waals surface area contributed by atoms with Gasteiger partial charge in [0.15, 0.2) is 5.78 Å². The molecule has 2 fully saturated rings. The smallest absolute Gasteiger partial charge is 0.231 e. The summed E-state index contributed by atoms with van der Waals surface area (Å²) in [5, 5.41) is 3.16. The van der Waals surface area contributed by atoms with Gasteiger partial charge in [0, 0.05) is 24.4 Å². The SMILES string of the molecule is CC1CCC2NC(=O)C(C(=O)/C=C/c3cccnc3)C(c3ccccc3)C2C1. The van der Waals surface area contributed by atoms with E-state index in [1.165, 1.54) is 0 Å². The van der Waals surface area contributed by atoms with Crippen molar-refractivity contribution in [2.45, 2.75) is 38.1 Å². The first-order valence-electron chi connectivity index (χ1n) is 10.1. The third-order valence-electron chi connectivity index (χ3n) is 6.21. The van der Waals surface area contributed by atoms with Gasteiger partial charge >= 0.3 is 0 Å². The quantitative estimate of drug-likeness (QED) is 0.650. The van der Waals surface area contributed by atoms with Crippen LogP contribution in [-0.2, 0) is 9.59 Å². The molecule has 2 heterocycles. The molecule has 5 atom stereocenters. The van der Waals surface area contributed by atoms with Gasteiger partial charge in [0.1, 0.15) is 5.92 Å². The molecule has 1 saturated carbocycles. The number of pyridine rings is 1. The number of amides is 1. The molecule has 1 saturated heterocycles. The molecule has 144 valence electrons. The molecule has 1 aliphatic heterocycles. The van der Waals surface area contributed by atoms with E-state index in [0.29, 0.717) is 11.8 Å². The highest BCUT2D eigenvalue weighted by molar-refractivity contribution is 6.09. The molecule has 1 aromatic carbocycles. The molecule has 5 unspecified atom stereocenters. The summed E-state index contributed by atoms with van der Waals surface area (Å²) in [6, 6.07) is 14.0. The van der Waals surface area contributed by atoms with Gasteiger partial charge in [-0.2, -0.15) is 0 Å². The van der Waals surface area contributed by atoms with Crippen molar-refractivity contribution in [3.8, 4) is 0 Å². The minimum atomic E-state index is -0.679. The van der Waals surface area contributed by atoms with Crippen molar-refractivity contribution in [1.29, 1.82) is 0 Å². The summed E-state index contributed by atoms with van der Waals surface area (Å²) in [6.45, 7) is 2.27. The summed E-state index contributed by atoms with van der Waals surface area (Å²) in [4.78, 5) is 30.2. The highest BCUT2D eigenvalue weighted by Crippen LogP contribution is 2.45. The molecule has 1 N–H and O–H groups in total. The van der Waals surface area contributed by atoms with E-state index in [4.69, 9.17) is 0 Å². The third-order valence-corrected chi connectivity index (χ3v) is 6.21. The van der Waals surface area contributed by atoms with Crippen LogP contribution in [0, 0.1) is 17.8 Å². The molecule has 0 bridgehead atoms. The van der Waals surface area contributed by atoms with Crippen molar-refractivity contribution in [3.63, 3.8) is 0 Å². The lowest BCUT2D eigenvalue weighted by atomic mass is 9.63. The fraction of sp³-hybridized carbons (Fsp3) is 0.375. The number of rotatable bonds is 4. The number of carbonyl (C=O) groups is 2. The van der Waals surface area contributed by atoms with Crippen LogP contribution in [0.3, 0.4) is 0 Å². The van der Waals surface area contributed by atoms with E-state index < -0.39 is 5.92 Å². The van der Waals surface area contributed by atoms with Gasteiger partial charge in [-0.1, -0.05) is 43.3 Å². The standard InChI is InChI=1S/C24H26N2O2/c1-16-9-11-20-19(14-16)22(18-7-3-2-4-8-18)23(24(28)26-20)21(27)12-10-17-6-5-13-25-15-17/h2-8,10,12-13,15-16,19-20,22-23H,9,11,14H2,1H3,(H,26,28)/b12-10+. The highest BCUT2D eigenvalue weighted by Gasteiger charge is 2.48. The maximum atomic E-state index is 13.2. The number of piperidine rings is 1. The summed E-state index contributed by atoms with van der Waals surface area (Å²) in [5.41, 5.74) is 1.95. The molecule has 1 amide bonds. The first-order valence-corrected chi connectivity index (χ1v) is 10.1. The zero-order valence-corrected chi connectivity index (χ0v) is 16.1. The summed E-state index contributed by atoms with van der Waals surface area (Å²) in [5.74, 6) is -0.110. The zero-order valence-electron chi connectivity index (χ0n) is 16.1. The van der Waals surface area contributed by atoms with Gasteiger partial charge in [-0.15, -0.1) is 0 Å². The maximum Gasteiger partial charge on any atom is 0.231 e. The number of hydrogen-bond donors (Lipinski definition) is 1. The first-order chi connectivity index (χ1) is 13.6. The molecule has 4 nitrogen and oxygen atoms in total. The maximum absolute atomic E-state index is 13.2. The molecular weight excluding hydrogens is 348 g/mol. The Hall–Kier alpha value is -2.75. The van der Waals surface area contributed by atoms with Crippen molar-refractivity contribution < 1.29 is 9.59 Å². The molecule has 0 spiro atoms. The topological polar surface area (TPSA) is 59.1 Å². The second-order valence-corrected chi connectivity index (χ2v) is 8.13. The van der Waals surface area contributed by atoms with E-state index in [2.05, 4.69) is 29.4 Å². The van der Waals surface area contributed by atoms with E-state index in [1.807, 2.05) is 30.3 Å². The van der Waals surface area contributed by atoms with Crippen LogP contribution in [0.5, 0.6) is 0 Å². The molecule has 28 heavy (non-hydrogen) atoms. The Labute approximate surface area is 166 Å². The normalized spacial score (nSPS) is 29.9. The minimum Gasteiger partial charge on any atom is -0.352 e. The minimum absolute atomic E-state index is 0.0752. The van der Waals surface area contributed by atoms with E-state index in [1.54, 1.807) is 24.5 Å². The monoisotopic (exact) mass is 374 g/mol. The number of ketones is 1. The molecule has 0 radical (unpaired) electrons. The Morgan fingerprint density at radius 1 is 1.14 bits per heavy atom. The lowest BCUT2D eigenvalue weighted by Gasteiger charge is -2.46. The highest BCUT2D eigenvalue weighted by atomic mass is 16.2. The van der Waals surface area contributed by atoms with Crippen LogP contribution < -0.4 is 5.32 Å². The number of benzene rings is 1. The van der Waals surface area contributed by atoms with Crippen molar-refractivity contribution in [2.75, 3.05) is 0 Å². The first kappa shape index (κ1) is 18.6. The Balaban J connectivity index is 1.67. The van der Waals surface area contributed by atoms with Crippen LogP contribution in [0.15, 0.2) is 60.9 Å². The summed E-state index contributed by atoms with van der Waals surface area (Å²) >= 11 is 0. The van der Waals surface area contributed by atoms with Crippen molar-refractivity contribution in [3.05, 3.63) is 72.1 Å². The van der Waals surface area contributed by atoms with Crippen LogP contribution >= 0.6 is 0 Å². The second-order valence-electron chi connectivity index (χ2n) is 8.13. The van der Waals surface area contributed by atoms with Gasteiger partial charge < -0.3 is 5.32 Å². The van der Waals surface area contributed by atoms with Gasteiger partial charge in [-0.05, 0) is 60.4 Å². The summed E-state index contributed by atoms with van der Waals surface area (Å²) < 4.78 is 0. The number of fused-ring (bicyclic) bond motifs is 1. The van der Waals surface area contributed by atoms with E-state index in [9.17, 15) is 9.59 Å². The van der Waals surface area contributed by atoms with E-state index >= 15 is 0 Å². The van der Waals surface area contributed by atoms with Crippen LogP contribution in [-0.4, -0.2) is 22.7 Å². The average molecular weight is 374 g/mol. The lowest BCUT2D eigenvalue weighted by Crippen LogP contribution is -2.57. The van der Waals surface area contributed by atoms with E-state index in [-0.39, 0.29) is 23.7 Å². The molecule has 2 aromatic rings. The van der Waals surface area contributed by atoms with Crippen molar-refractivity contribution in [2.24, 2.45) is 17.8 Å². The molecule has 2 aliphatic rings. The number of aromatic nitrogens is 1. The zero-order chi connectivity index (χ0) is 19.5. The fourth-order valence-electron chi connectivity index (χ4n) is 4.86. The van der Waals surface area contributed by atoms with E-state index in [0.717, 1.165) is 30.4 Å². The molecular formula is C24H26N2O2. The predicted molar refractivity (Wildman–Crippen MR) is 109 cm³/mol. The summed E-state index contributed by atoms with van der Waals surface area (Å²) in [6.07, 6.45) is 9.86.